The molecular formula is C15H21FN2O3. The summed E-state index contributed by atoms with van der Waals surface area (Å²) < 4.78 is 18.3. The van der Waals surface area contributed by atoms with Crippen LogP contribution in [0.25, 0.3) is 0 Å². The fraction of sp³-hybridized carbons (Fsp3) is 0.533. The number of carbonyl (C=O) groups is 1. The zero-order valence-electron chi connectivity index (χ0n) is 12.1. The number of halogens is 1. The van der Waals surface area contributed by atoms with Crippen LogP contribution in [0, 0.1) is 5.82 Å². The van der Waals surface area contributed by atoms with Gasteiger partial charge in [-0.3, -0.25) is 9.69 Å². The molecule has 1 aliphatic rings. The lowest BCUT2D eigenvalue weighted by molar-refractivity contribution is -0.128. The molecule has 0 bridgehead atoms. The highest BCUT2D eigenvalue weighted by Crippen LogP contribution is 2.10. The van der Waals surface area contributed by atoms with Crippen LogP contribution < -0.4 is 5.32 Å². The molecule has 0 saturated carbocycles. The third-order valence-corrected chi connectivity index (χ3v) is 3.38. The summed E-state index contributed by atoms with van der Waals surface area (Å²) in [5.74, 6) is -0.382. The van der Waals surface area contributed by atoms with Crippen LogP contribution in [0.4, 0.5) is 4.39 Å². The number of carbonyl (C=O) groups excluding carboxylic acids is 1. The number of morpholine rings is 1. The Morgan fingerprint density at radius 3 is 2.81 bits per heavy atom. The molecule has 0 radical (unpaired) electrons. The molecule has 1 heterocycles. The second-order valence-corrected chi connectivity index (χ2v) is 5.35. The Morgan fingerprint density at radius 1 is 1.43 bits per heavy atom. The molecular weight excluding hydrogens is 275 g/mol. The number of aliphatic hydroxyl groups is 1. The summed E-state index contributed by atoms with van der Waals surface area (Å²) in [4.78, 5) is 13.9. The summed E-state index contributed by atoms with van der Waals surface area (Å²) >= 11 is 0. The van der Waals surface area contributed by atoms with Gasteiger partial charge in [-0.15, -0.1) is 0 Å². The third kappa shape index (κ3) is 5.08. The van der Waals surface area contributed by atoms with Crippen molar-refractivity contribution in [3.8, 4) is 0 Å². The predicted molar refractivity (Wildman–Crippen MR) is 76.1 cm³/mol. The molecule has 1 amide bonds. The average molecular weight is 296 g/mol. The second kappa shape index (κ2) is 7.49. The van der Waals surface area contributed by atoms with Gasteiger partial charge in [0.15, 0.2) is 0 Å². The van der Waals surface area contributed by atoms with Crippen LogP contribution >= 0.6 is 0 Å². The number of ether oxygens (including phenoxy) is 1. The molecule has 2 rings (SSSR count). The first kappa shape index (κ1) is 15.9. The lowest BCUT2D eigenvalue weighted by Gasteiger charge is -2.35. The maximum atomic E-state index is 12.8. The van der Waals surface area contributed by atoms with Gasteiger partial charge < -0.3 is 15.2 Å². The first-order valence-corrected chi connectivity index (χ1v) is 7.06. The van der Waals surface area contributed by atoms with Crippen molar-refractivity contribution in [3.63, 3.8) is 0 Å². The number of nitrogens with zero attached hydrogens (tertiary/aromatic N) is 1. The predicted octanol–water partition coefficient (Wildman–Crippen LogP) is 0.523. The molecule has 1 aromatic rings. The van der Waals surface area contributed by atoms with E-state index in [1.165, 1.54) is 12.1 Å². The lowest BCUT2D eigenvalue weighted by atomic mass is 10.2. The van der Waals surface area contributed by atoms with Crippen LogP contribution in [0.3, 0.4) is 0 Å². The van der Waals surface area contributed by atoms with Gasteiger partial charge in [0, 0.05) is 19.6 Å². The van der Waals surface area contributed by atoms with E-state index in [9.17, 15) is 9.18 Å². The van der Waals surface area contributed by atoms with Crippen LogP contribution in [0.5, 0.6) is 0 Å². The fourth-order valence-electron chi connectivity index (χ4n) is 2.43. The normalized spacial score (nSPS) is 23.0. The average Bonchev–Trinajstić information content (AvgIpc) is 2.46. The molecule has 5 nitrogen and oxygen atoms in total. The van der Waals surface area contributed by atoms with Gasteiger partial charge in [0.1, 0.15) is 5.82 Å². The van der Waals surface area contributed by atoms with Crippen molar-refractivity contribution in [1.29, 1.82) is 0 Å². The minimum absolute atomic E-state index is 0.000739. The summed E-state index contributed by atoms with van der Waals surface area (Å²) in [5, 5.41) is 12.0. The Kier molecular flexibility index (Phi) is 5.67. The summed E-state index contributed by atoms with van der Waals surface area (Å²) in [6.45, 7) is 3.74. The van der Waals surface area contributed by atoms with E-state index in [-0.39, 0.29) is 37.1 Å². The molecule has 2 unspecified atom stereocenters. The maximum absolute atomic E-state index is 12.8. The van der Waals surface area contributed by atoms with Gasteiger partial charge in [-0.2, -0.15) is 0 Å². The first-order valence-electron chi connectivity index (χ1n) is 7.06. The maximum Gasteiger partial charge on any atom is 0.234 e. The van der Waals surface area contributed by atoms with Gasteiger partial charge in [-0.25, -0.2) is 4.39 Å². The van der Waals surface area contributed by atoms with E-state index < -0.39 is 0 Å². The number of benzene rings is 1. The van der Waals surface area contributed by atoms with E-state index in [1.807, 2.05) is 11.8 Å². The molecule has 1 aliphatic heterocycles. The Labute approximate surface area is 123 Å². The van der Waals surface area contributed by atoms with E-state index in [0.29, 0.717) is 19.6 Å². The Hall–Kier alpha value is -1.50. The largest absolute Gasteiger partial charge is 0.394 e. The number of hydrogen-bond acceptors (Lipinski definition) is 4. The summed E-state index contributed by atoms with van der Waals surface area (Å²) in [5.41, 5.74) is 0.855. The van der Waals surface area contributed by atoms with Crippen LogP contribution in [-0.4, -0.2) is 54.4 Å². The van der Waals surface area contributed by atoms with Gasteiger partial charge in [-0.1, -0.05) is 12.1 Å². The highest BCUT2D eigenvalue weighted by molar-refractivity contribution is 5.78. The van der Waals surface area contributed by atoms with Crippen molar-refractivity contribution in [1.82, 2.24) is 10.2 Å². The first-order chi connectivity index (χ1) is 10.1. The molecule has 1 fully saturated rings. The van der Waals surface area contributed by atoms with Gasteiger partial charge >= 0.3 is 0 Å². The van der Waals surface area contributed by atoms with Crippen LogP contribution in [0.15, 0.2) is 24.3 Å². The zero-order valence-corrected chi connectivity index (χ0v) is 12.1. The van der Waals surface area contributed by atoms with E-state index >= 15 is 0 Å². The van der Waals surface area contributed by atoms with Gasteiger partial charge in [0.2, 0.25) is 5.91 Å². The van der Waals surface area contributed by atoms with Crippen molar-refractivity contribution in [2.24, 2.45) is 0 Å². The van der Waals surface area contributed by atoms with E-state index in [2.05, 4.69) is 5.32 Å². The zero-order chi connectivity index (χ0) is 15.2. The summed E-state index contributed by atoms with van der Waals surface area (Å²) in [6.07, 6.45) is -0.237. The van der Waals surface area contributed by atoms with Crippen LogP contribution in [0.2, 0.25) is 0 Å². The van der Waals surface area contributed by atoms with Gasteiger partial charge in [-0.05, 0) is 24.6 Å². The summed E-state index contributed by atoms with van der Waals surface area (Å²) in [7, 11) is 0. The number of aliphatic hydroxyl groups excluding tert-OH is 1. The SMILES string of the molecule is CC1CN(CC(=O)NCc2ccc(F)cc2)CC(CO)O1. The highest BCUT2D eigenvalue weighted by atomic mass is 19.1. The minimum atomic E-state index is -0.289. The van der Waals surface area contributed by atoms with Crippen molar-refractivity contribution >= 4 is 5.91 Å². The number of hydrogen-bond donors (Lipinski definition) is 2. The Bertz CT molecular complexity index is 466. The number of nitrogens with one attached hydrogen (secondary N) is 1. The van der Waals surface area contributed by atoms with Gasteiger partial charge in [0.25, 0.3) is 0 Å². The van der Waals surface area contributed by atoms with E-state index in [0.717, 1.165) is 5.56 Å². The van der Waals surface area contributed by atoms with Crippen molar-refractivity contribution in [3.05, 3.63) is 35.6 Å². The van der Waals surface area contributed by atoms with Crippen LogP contribution in [0.1, 0.15) is 12.5 Å². The van der Waals surface area contributed by atoms with Crippen molar-refractivity contribution < 1.29 is 19.0 Å². The molecule has 2 atom stereocenters. The standard InChI is InChI=1S/C15H21FN2O3/c1-11-7-18(8-14(10-19)21-11)9-15(20)17-6-12-2-4-13(16)5-3-12/h2-5,11,14,19H,6-10H2,1H3,(H,17,20). The molecule has 1 aromatic carbocycles. The highest BCUT2D eigenvalue weighted by Gasteiger charge is 2.25. The van der Waals surface area contributed by atoms with E-state index in [4.69, 9.17) is 9.84 Å². The van der Waals surface area contributed by atoms with E-state index in [1.54, 1.807) is 12.1 Å². The topological polar surface area (TPSA) is 61.8 Å². The Morgan fingerprint density at radius 2 is 2.14 bits per heavy atom. The quantitative estimate of drug-likeness (QED) is 0.832. The monoisotopic (exact) mass is 296 g/mol. The third-order valence-electron chi connectivity index (χ3n) is 3.38. The molecule has 2 N–H and O–H groups in total. The lowest BCUT2D eigenvalue weighted by Crippen LogP contribution is -2.50. The molecule has 0 aromatic heterocycles. The van der Waals surface area contributed by atoms with Crippen molar-refractivity contribution in [2.45, 2.75) is 25.7 Å². The van der Waals surface area contributed by atoms with Gasteiger partial charge in [0.05, 0.1) is 25.4 Å². The molecule has 1 saturated heterocycles. The smallest absolute Gasteiger partial charge is 0.234 e. The molecule has 0 spiro atoms. The molecule has 0 aliphatic carbocycles. The molecule has 21 heavy (non-hydrogen) atoms. The Balaban J connectivity index is 1.77. The fourth-order valence-corrected chi connectivity index (χ4v) is 2.43. The van der Waals surface area contributed by atoms with Crippen molar-refractivity contribution in [2.75, 3.05) is 26.2 Å². The summed E-state index contributed by atoms with van der Waals surface area (Å²) in [6, 6.07) is 6.04. The molecule has 116 valence electrons. The number of rotatable bonds is 5. The van der Waals surface area contributed by atoms with Crippen LogP contribution in [-0.2, 0) is 16.1 Å². The minimum Gasteiger partial charge on any atom is -0.394 e. The second-order valence-electron chi connectivity index (χ2n) is 5.35. The molecule has 6 heteroatoms. The number of amides is 1.